The third-order valence-electron chi connectivity index (χ3n) is 5.44. The van der Waals surface area contributed by atoms with Crippen LogP contribution < -0.4 is 4.90 Å². The SMILES string of the molecule is CCN(c1ccc(C#N)c(C(F)(F)F)c1)C1C=C(c2ncc[nH]2)CCC1(C)C. The molecule has 0 saturated heterocycles. The van der Waals surface area contributed by atoms with Crippen LogP contribution in [0.2, 0.25) is 0 Å². The molecule has 28 heavy (non-hydrogen) atoms. The van der Waals surface area contributed by atoms with E-state index in [9.17, 15) is 13.2 Å². The van der Waals surface area contributed by atoms with Gasteiger partial charge in [-0.25, -0.2) is 4.98 Å². The molecule has 1 heterocycles. The molecule has 1 N–H and O–H groups in total. The van der Waals surface area contributed by atoms with Crippen molar-refractivity contribution in [1.29, 1.82) is 5.26 Å². The summed E-state index contributed by atoms with van der Waals surface area (Å²) in [6.45, 7) is 6.73. The Kier molecular flexibility index (Phi) is 5.24. The van der Waals surface area contributed by atoms with Gasteiger partial charge >= 0.3 is 6.18 Å². The van der Waals surface area contributed by atoms with Crippen LogP contribution in [0.5, 0.6) is 0 Å². The molecule has 1 aromatic carbocycles. The zero-order chi connectivity index (χ0) is 20.5. The summed E-state index contributed by atoms with van der Waals surface area (Å²) in [5.41, 5.74) is 0.149. The fraction of sp³-hybridized carbons (Fsp3) is 0.429. The minimum Gasteiger partial charge on any atom is -0.365 e. The van der Waals surface area contributed by atoms with Gasteiger partial charge in [0.15, 0.2) is 0 Å². The molecule has 0 bridgehead atoms. The van der Waals surface area contributed by atoms with Crippen LogP contribution in [0.15, 0.2) is 36.7 Å². The van der Waals surface area contributed by atoms with Gasteiger partial charge in [0.2, 0.25) is 0 Å². The summed E-state index contributed by atoms with van der Waals surface area (Å²) in [5, 5.41) is 9.06. The van der Waals surface area contributed by atoms with E-state index in [0.29, 0.717) is 12.2 Å². The number of rotatable bonds is 4. The number of H-pyrrole nitrogens is 1. The first-order valence-electron chi connectivity index (χ1n) is 9.26. The first-order valence-corrected chi connectivity index (χ1v) is 9.26. The lowest BCUT2D eigenvalue weighted by Crippen LogP contribution is -2.46. The van der Waals surface area contributed by atoms with Crippen LogP contribution in [0.4, 0.5) is 18.9 Å². The largest absolute Gasteiger partial charge is 0.417 e. The third kappa shape index (κ3) is 3.77. The van der Waals surface area contributed by atoms with E-state index >= 15 is 0 Å². The van der Waals surface area contributed by atoms with Crippen LogP contribution in [0.25, 0.3) is 5.57 Å². The van der Waals surface area contributed by atoms with Crippen LogP contribution in [-0.2, 0) is 6.18 Å². The molecule has 2 aromatic rings. The van der Waals surface area contributed by atoms with Gasteiger partial charge in [0, 0.05) is 24.6 Å². The number of imidazole rings is 1. The van der Waals surface area contributed by atoms with Crippen LogP contribution in [0, 0.1) is 16.7 Å². The summed E-state index contributed by atoms with van der Waals surface area (Å²) in [6.07, 6.45) is 2.74. The Morgan fingerprint density at radius 3 is 2.68 bits per heavy atom. The normalized spacial score (nSPS) is 19.0. The van der Waals surface area contributed by atoms with E-state index in [-0.39, 0.29) is 17.0 Å². The Bertz CT molecular complexity index is 905. The van der Waals surface area contributed by atoms with E-state index in [4.69, 9.17) is 5.26 Å². The quantitative estimate of drug-likeness (QED) is 0.763. The summed E-state index contributed by atoms with van der Waals surface area (Å²) in [6, 6.07) is 5.50. The van der Waals surface area contributed by atoms with Gasteiger partial charge in [0.1, 0.15) is 5.82 Å². The Labute approximate surface area is 162 Å². The number of nitrogens with one attached hydrogen (secondary N) is 1. The minimum atomic E-state index is -4.57. The summed E-state index contributed by atoms with van der Waals surface area (Å²) in [7, 11) is 0. The summed E-state index contributed by atoms with van der Waals surface area (Å²) >= 11 is 0. The number of hydrogen-bond acceptors (Lipinski definition) is 3. The maximum absolute atomic E-state index is 13.4. The highest BCUT2D eigenvalue weighted by atomic mass is 19.4. The number of aromatic amines is 1. The highest BCUT2D eigenvalue weighted by Crippen LogP contribution is 2.42. The van der Waals surface area contributed by atoms with Crippen LogP contribution in [0.1, 0.15) is 50.6 Å². The first-order chi connectivity index (χ1) is 13.2. The summed E-state index contributed by atoms with van der Waals surface area (Å²) in [4.78, 5) is 9.41. The Morgan fingerprint density at radius 2 is 2.11 bits per heavy atom. The molecule has 1 aliphatic carbocycles. The molecule has 7 heteroatoms. The Balaban J connectivity index is 2.07. The van der Waals surface area contributed by atoms with E-state index in [1.807, 2.05) is 11.8 Å². The molecular weight excluding hydrogens is 365 g/mol. The highest BCUT2D eigenvalue weighted by molar-refractivity contribution is 5.65. The fourth-order valence-electron chi connectivity index (χ4n) is 3.84. The molecule has 4 nitrogen and oxygen atoms in total. The highest BCUT2D eigenvalue weighted by Gasteiger charge is 2.38. The van der Waals surface area contributed by atoms with Gasteiger partial charge in [-0.05, 0) is 49.0 Å². The van der Waals surface area contributed by atoms with Gasteiger partial charge in [-0.2, -0.15) is 18.4 Å². The van der Waals surface area contributed by atoms with Crippen molar-refractivity contribution in [1.82, 2.24) is 9.97 Å². The van der Waals surface area contributed by atoms with Gasteiger partial charge < -0.3 is 9.88 Å². The predicted molar refractivity (Wildman–Crippen MR) is 103 cm³/mol. The van der Waals surface area contributed by atoms with Crippen molar-refractivity contribution in [2.24, 2.45) is 5.41 Å². The van der Waals surface area contributed by atoms with Crippen molar-refractivity contribution < 1.29 is 13.2 Å². The molecule has 0 fully saturated rings. The standard InChI is InChI=1S/C21H23F3N4/c1-4-28(16-6-5-15(13-25)17(12-16)21(22,23)24)18-11-14(7-8-20(18,2)3)19-26-9-10-27-19/h5-6,9-12,18H,4,7-8H2,1-3H3,(H,26,27). The molecule has 1 atom stereocenters. The third-order valence-corrected chi connectivity index (χ3v) is 5.44. The maximum Gasteiger partial charge on any atom is 0.417 e. The molecule has 1 aliphatic rings. The molecule has 0 radical (unpaired) electrons. The van der Waals surface area contributed by atoms with Crippen LogP contribution in [0.3, 0.4) is 0 Å². The van der Waals surface area contributed by atoms with E-state index in [0.717, 1.165) is 30.3 Å². The number of benzene rings is 1. The van der Waals surface area contributed by atoms with Gasteiger partial charge in [-0.15, -0.1) is 0 Å². The minimum absolute atomic E-state index is 0.0969. The number of likely N-dealkylation sites (N-methyl/N-ethyl adjacent to an activating group) is 1. The number of aromatic nitrogens is 2. The predicted octanol–water partition coefficient (Wildman–Crippen LogP) is 5.40. The number of halogens is 3. The number of allylic oxidation sites excluding steroid dienone is 1. The molecule has 0 aliphatic heterocycles. The van der Waals surface area contributed by atoms with E-state index < -0.39 is 11.7 Å². The van der Waals surface area contributed by atoms with Crippen molar-refractivity contribution in [2.45, 2.75) is 45.8 Å². The lowest BCUT2D eigenvalue weighted by molar-refractivity contribution is -0.137. The van der Waals surface area contributed by atoms with Crippen molar-refractivity contribution in [3.8, 4) is 6.07 Å². The number of anilines is 1. The van der Waals surface area contributed by atoms with Crippen molar-refractivity contribution >= 4 is 11.3 Å². The molecule has 0 spiro atoms. The van der Waals surface area contributed by atoms with E-state index in [2.05, 4.69) is 29.9 Å². The summed E-state index contributed by atoms with van der Waals surface area (Å²) in [5.74, 6) is 0.798. The number of nitriles is 1. The molecule has 1 unspecified atom stereocenters. The fourth-order valence-corrected chi connectivity index (χ4v) is 3.84. The van der Waals surface area contributed by atoms with Crippen molar-refractivity contribution in [3.05, 3.63) is 53.6 Å². The average Bonchev–Trinajstić information content (AvgIpc) is 3.17. The lowest BCUT2D eigenvalue weighted by atomic mass is 9.73. The molecule has 148 valence electrons. The molecular formula is C21H23F3N4. The second kappa shape index (κ2) is 7.34. The topological polar surface area (TPSA) is 55.7 Å². The Hall–Kier alpha value is -2.75. The molecule has 3 rings (SSSR count). The van der Waals surface area contributed by atoms with Crippen molar-refractivity contribution in [3.63, 3.8) is 0 Å². The molecule has 0 amide bonds. The zero-order valence-corrected chi connectivity index (χ0v) is 16.1. The van der Waals surface area contributed by atoms with Crippen molar-refractivity contribution in [2.75, 3.05) is 11.4 Å². The van der Waals surface area contributed by atoms with Gasteiger partial charge in [0.05, 0.1) is 23.2 Å². The maximum atomic E-state index is 13.4. The summed E-state index contributed by atoms with van der Waals surface area (Å²) < 4.78 is 40.3. The van der Waals surface area contributed by atoms with Gasteiger partial charge in [-0.1, -0.05) is 19.9 Å². The Morgan fingerprint density at radius 1 is 1.36 bits per heavy atom. The van der Waals surface area contributed by atoms with Crippen LogP contribution in [-0.4, -0.2) is 22.6 Å². The number of alkyl halides is 3. The lowest BCUT2D eigenvalue weighted by Gasteiger charge is -2.44. The first kappa shape index (κ1) is 20.0. The number of hydrogen-bond donors (Lipinski definition) is 1. The zero-order valence-electron chi connectivity index (χ0n) is 16.1. The van der Waals surface area contributed by atoms with E-state index in [1.165, 1.54) is 6.07 Å². The van der Waals surface area contributed by atoms with Crippen LogP contribution >= 0.6 is 0 Å². The number of nitrogens with zero attached hydrogens (tertiary/aromatic N) is 3. The van der Waals surface area contributed by atoms with Gasteiger partial charge in [0.25, 0.3) is 0 Å². The average molecular weight is 388 g/mol. The molecule has 0 saturated carbocycles. The second-order valence-corrected chi connectivity index (χ2v) is 7.69. The molecule has 1 aromatic heterocycles. The van der Waals surface area contributed by atoms with Gasteiger partial charge in [-0.3, -0.25) is 0 Å². The smallest absolute Gasteiger partial charge is 0.365 e. The monoisotopic (exact) mass is 388 g/mol. The second-order valence-electron chi connectivity index (χ2n) is 7.69. The van der Waals surface area contributed by atoms with E-state index in [1.54, 1.807) is 24.5 Å².